The lowest BCUT2D eigenvalue weighted by molar-refractivity contribution is -0.159. The third-order valence-electron chi connectivity index (χ3n) is 5.78. The molecule has 4 rings (SSSR count). The average molecular weight is 489 g/mol. The van der Waals surface area contributed by atoms with Crippen LogP contribution in [0.15, 0.2) is 41.3 Å². The van der Waals surface area contributed by atoms with Gasteiger partial charge in [0.15, 0.2) is 0 Å². The monoisotopic (exact) mass is 488 g/mol. The van der Waals surface area contributed by atoms with Gasteiger partial charge in [-0.05, 0) is 72.9 Å². The lowest BCUT2D eigenvalue weighted by atomic mass is 9.92. The lowest BCUT2D eigenvalue weighted by Gasteiger charge is -2.30. The molecule has 1 saturated heterocycles. The summed E-state index contributed by atoms with van der Waals surface area (Å²) in [5, 5.41) is 20.0. The zero-order valence-corrected chi connectivity index (χ0v) is 19.9. The molecule has 2 aliphatic rings. The molecule has 3 N–H and O–H groups in total. The highest BCUT2D eigenvalue weighted by Gasteiger charge is 2.29. The van der Waals surface area contributed by atoms with Crippen molar-refractivity contribution in [2.45, 2.75) is 32.6 Å². The normalized spacial score (nSPS) is 15.8. The van der Waals surface area contributed by atoms with Gasteiger partial charge in [-0.25, -0.2) is 14.0 Å². The van der Waals surface area contributed by atoms with E-state index in [0.717, 1.165) is 57.4 Å². The molecular weight excluding hydrogens is 459 g/mol. The number of benzene rings is 1. The number of hydrogen-bond acceptors (Lipinski definition) is 5. The number of nitrogens with one attached hydrogen (secondary N) is 1. The standard InChI is InChI=1S/C23H27FN2OS.C2H2O4/c1-16-14-21(28-15-16)22(17-4-6-20(24)7-5-17)18-8-11-26(12-9-18)13-10-25-23(27)19-2-3-19;3-1(4)2(5)6/h4-7,14-15,19H,2-3,8-13H2,1H3,(H,25,27);(H,3,4)(H,5,6). The predicted molar refractivity (Wildman–Crippen MR) is 128 cm³/mol. The quantitative estimate of drug-likeness (QED) is 0.535. The molecule has 7 nitrogen and oxygen atoms in total. The average Bonchev–Trinajstić information content (AvgIpc) is 3.58. The van der Waals surface area contributed by atoms with Crippen LogP contribution >= 0.6 is 11.3 Å². The molecular formula is C25H29FN2O5S. The highest BCUT2D eigenvalue weighted by Crippen LogP contribution is 2.35. The van der Waals surface area contributed by atoms with E-state index in [4.69, 9.17) is 19.8 Å². The van der Waals surface area contributed by atoms with Crippen LogP contribution in [-0.4, -0.2) is 59.1 Å². The van der Waals surface area contributed by atoms with Gasteiger partial charge in [-0.3, -0.25) is 4.79 Å². The maximum Gasteiger partial charge on any atom is 0.414 e. The van der Waals surface area contributed by atoms with Gasteiger partial charge >= 0.3 is 11.9 Å². The third kappa shape index (κ3) is 7.50. The topological polar surface area (TPSA) is 107 Å². The first-order valence-electron chi connectivity index (χ1n) is 11.2. The number of rotatable bonds is 6. The molecule has 2 aromatic rings. The number of aliphatic carboxylic acids is 2. The second-order valence-electron chi connectivity index (χ2n) is 8.49. The number of hydrogen-bond donors (Lipinski definition) is 3. The molecule has 0 bridgehead atoms. The van der Waals surface area contributed by atoms with Gasteiger partial charge in [0.05, 0.1) is 0 Å². The molecule has 1 saturated carbocycles. The summed E-state index contributed by atoms with van der Waals surface area (Å²) in [5.41, 5.74) is 5.10. The van der Waals surface area contributed by atoms with E-state index in [2.05, 4.69) is 28.6 Å². The SMILES string of the molecule is Cc1csc(C(=C2CCN(CCNC(=O)C3CC3)CC2)c2ccc(F)cc2)c1.O=C(O)C(=O)O. The molecule has 34 heavy (non-hydrogen) atoms. The summed E-state index contributed by atoms with van der Waals surface area (Å²) in [6.07, 6.45) is 4.14. The minimum atomic E-state index is -1.82. The fraction of sp³-hybridized carbons (Fsp3) is 0.400. The van der Waals surface area contributed by atoms with E-state index in [9.17, 15) is 9.18 Å². The number of nitrogens with zero attached hydrogens (tertiary/aromatic N) is 1. The number of halogens is 1. The number of carboxylic acid groups (broad SMARTS) is 2. The number of carbonyl (C=O) groups is 3. The molecule has 2 heterocycles. The second kappa shape index (κ2) is 11.9. The molecule has 1 aromatic carbocycles. The number of thiophene rings is 1. The van der Waals surface area contributed by atoms with E-state index in [1.54, 1.807) is 23.5 Å². The van der Waals surface area contributed by atoms with Gasteiger partial charge in [0.1, 0.15) is 5.82 Å². The van der Waals surface area contributed by atoms with E-state index in [1.165, 1.54) is 21.6 Å². The van der Waals surface area contributed by atoms with Crippen molar-refractivity contribution in [3.63, 3.8) is 0 Å². The summed E-state index contributed by atoms with van der Waals surface area (Å²) in [4.78, 5) is 33.7. The number of carboxylic acids is 2. The third-order valence-corrected chi connectivity index (χ3v) is 6.85. The maximum absolute atomic E-state index is 13.4. The van der Waals surface area contributed by atoms with Crippen molar-refractivity contribution in [3.05, 3.63) is 63.1 Å². The van der Waals surface area contributed by atoms with E-state index < -0.39 is 11.9 Å². The molecule has 0 radical (unpaired) electrons. The molecule has 1 aromatic heterocycles. The fourth-order valence-electron chi connectivity index (χ4n) is 3.82. The van der Waals surface area contributed by atoms with Crippen molar-refractivity contribution < 1.29 is 29.0 Å². The summed E-state index contributed by atoms with van der Waals surface area (Å²) < 4.78 is 13.4. The van der Waals surface area contributed by atoms with Crippen LogP contribution in [0.25, 0.3) is 5.57 Å². The Labute approximate surface area is 201 Å². The molecule has 1 amide bonds. The smallest absolute Gasteiger partial charge is 0.414 e. The largest absolute Gasteiger partial charge is 0.473 e. The summed E-state index contributed by atoms with van der Waals surface area (Å²) in [6.45, 7) is 5.78. The summed E-state index contributed by atoms with van der Waals surface area (Å²) in [6, 6.07) is 9.12. The number of amides is 1. The van der Waals surface area contributed by atoms with E-state index >= 15 is 0 Å². The molecule has 0 atom stereocenters. The van der Waals surface area contributed by atoms with Crippen LogP contribution in [0.1, 0.15) is 41.7 Å². The van der Waals surface area contributed by atoms with Crippen LogP contribution in [0.4, 0.5) is 4.39 Å². The van der Waals surface area contributed by atoms with Crippen molar-refractivity contribution in [1.29, 1.82) is 0 Å². The second-order valence-corrected chi connectivity index (χ2v) is 9.40. The molecule has 1 aliphatic heterocycles. The molecule has 182 valence electrons. The van der Waals surface area contributed by atoms with Crippen LogP contribution in [0.5, 0.6) is 0 Å². The zero-order chi connectivity index (χ0) is 24.7. The number of aryl methyl sites for hydroxylation is 1. The Morgan fingerprint density at radius 2 is 1.71 bits per heavy atom. The summed E-state index contributed by atoms with van der Waals surface area (Å²) >= 11 is 1.76. The minimum absolute atomic E-state index is 0.196. The first-order valence-corrected chi connectivity index (χ1v) is 12.1. The molecule has 2 fully saturated rings. The number of likely N-dealkylation sites (tertiary alicyclic amines) is 1. The Hall–Kier alpha value is -3.04. The van der Waals surface area contributed by atoms with E-state index in [-0.39, 0.29) is 17.6 Å². The number of piperidine rings is 1. The van der Waals surface area contributed by atoms with Gasteiger partial charge < -0.3 is 20.4 Å². The molecule has 9 heteroatoms. The Morgan fingerprint density at radius 1 is 1.09 bits per heavy atom. The van der Waals surface area contributed by atoms with E-state index in [0.29, 0.717) is 0 Å². The van der Waals surface area contributed by atoms with Gasteiger partial charge in [0.25, 0.3) is 0 Å². The first-order chi connectivity index (χ1) is 16.2. The van der Waals surface area contributed by atoms with Crippen LogP contribution in [0.2, 0.25) is 0 Å². The Kier molecular flexibility index (Phi) is 8.95. The predicted octanol–water partition coefficient (Wildman–Crippen LogP) is 3.78. The Morgan fingerprint density at radius 3 is 2.21 bits per heavy atom. The van der Waals surface area contributed by atoms with Crippen molar-refractivity contribution in [2.24, 2.45) is 5.92 Å². The van der Waals surface area contributed by atoms with Crippen LogP contribution in [0, 0.1) is 18.7 Å². The van der Waals surface area contributed by atoms with Crippen LogP contribution in [0.3, 0.4) is 0 Å². The van der Waals surface area contributed by atoms with Crippen LogP contribution < -0.4 is 5.32 Å². The number of carbonyl (C=O) groups excluding carboxylic acids is 1. The van der Waals surface area contributed by atoms with E-state index in [1.807, 2.05) is 12.1 Å². The van der Waals surface area contributed by atoms with Crippen molar-refractivity contribution in [3.8, 4) is 0 Å². The van der Waals surface area contributed by atoms with Crippen molar-refractivity contribution >= 4 is 34.8 Å². The maximum atomic E-state index is 13.4. The highest BCUT2D eigenvalue weighted by atomic mass is 32.1. The first kappa shape index (κ1) is 25.6. The highest BCUT2D eigenvalue weighted by molar-refractivity contribution is 7.11. The fourth-order valence-corrected chi connectivity index (χ4v) is 4.84. The van der Waals surface area contributed by atoms with Crippen LogP contribution in [-0.2, 0) is 14.4 Å². The Bertz CT molecular complexity index is 1040. The van der Waals surface area contributed by atoms with Gasteiger partial charge in [-0.15, -0.1) is 11.3 Å². The molecule has 1 aliphatic carbocycles. The van der Waals surface area contributed by atoms with Crippen molar-refractivity contribution in [1.82, 2.24) is 10.2 Å². The van der Waals surface area contributed by atoms with Gasteiger partial charge in [-0.2, -0.15) is 0 Å². The Balaban J connectivity index is 0.000000481. The summed E-state index contributed by atoms with van der Waals surface area (Å²) in [7, 11) is 0. The minimum Gasteiger partial charge on any atom is -0.473 e. The van der Waals surface area contributed by atoms with Gasteiger partial charge in [-0.1, -0.05) is 17.7 Å². The summed E-state index contributed by atoms with van der Waals surface area (Å²) in [5.74, 6) is -3.34. The zero-order valence-electron chi connectivity index (χ0n) is 19.1. The lowest BCUT2D eigenvalue weighted by Crippen LogP contribution is -2.38. The van der Waals surface area contributed by atoms with Gasteiger partial charge in [0.2, 0.25) is 5.91 Å². The van der Waals surface area contributed by atoms with Gasteiger partial charge in [0, 0.05) is 37.0 Å². The van der Waals surface area contributed by atoms with Crippen molar-refractivity contribution in [2.75, 3.05) is 26.2 Å². The molecule has 0 unspecified atom stereocenters. The molecule has 0 spiro atoms.